The molecule has 0 saturated carbocycles. The highest BCUT2D eigenvalue weighted by Gasteiger charge is 1.98. The van der Waals surface area contributed by atoms with E-state index < -0.39 is 0 Å². The van der Waals surface area contributed by atoms with Crippen molar-refractivity contribution < 1.29 is 0 Å². The van der Waals surface area contributed by atoms with Crippen LogP contribution in [-0.2, 0) is 6.42 Å². The maximum Gasteiger partial charge on any atom is 0.137 e. The van der Waals surface area contributed by atoms with Crippen LogP contribution in [0.5, 0.6) is 0 Å². The molecule has 66 valence electrons. The molecule has 0 unspecified atom stereocenters. The van der Waals surface area contributed by atoms with E-state index in [1.54, 1.807) is 0 Å². The van der Waals surface area contributed by atoms with Gasteiger partial charge in [-0.05, 0) is 24.1 Å². The molecule has 0 aliphatic rings. The van der Waals surface area contributed by atoms with Gasteiger partial charge in [0.25, 0.3) is 0 Å². The third-order valence-corrected chi connectivity index (χ3v) is 2.12. The molecule has 0 aromatic carbocycles. The molecule has 0 atom stereocenters. The maximum atomic E-state index is 4.44. The molecular formula is C11H12N2. The highest BCUT2D eigenvalue weighted by molar-refractivity contribution is 5.51. The highest BCUT2D eigenvalue weighted by Crippen LogP contribution is 2.08. The standard InChI is InChI=1S/C11H12N2/c1-3-9-5-6-11-12-10(4-2)8-13(11)7-9/h3,5-8H,1,4H2,2H3. The Morgan fingerprint density at radius 3 is 3.00 bits per heavy atom. The third-order valence-electron chi connectivity index (χ3n) is 2.12. The van der Waals surface area contributed by atoms with Crippen LogP contribution in [0.1, 0.15) is 18.2 Å². The Morgan fingerprint density at radius 1 is 1.46 bits per heavy atom. The molecular weight excluding hydrogens is 160 g/mol. The van der Waals surface area contributed by atoms with Crippen LogP contribution in [0.15, 0.2) is 31.1 Å². The van der Waals surface area contributed by atoms with E-state index in [-0.39, 0.29) is 0 Å². The molecule has 0 bridgehead atoms. The maximum absolute atomic E-state index is 4.44. The van der Waals surface area contributed by atoms with Gasteiger partial charge in [-0.25, -0.2) is 4.98 Å². The number of fused-ring (bicyclic) bond motifs is 1. The topological polar surface area (TPSA) is 17.3 Å². The first-order valence-corrected chi connectivity index (χ1v) is 4.43. The fraction of sp³-hybridized carbons (Fsp3) is 0.182. The smallest absolute Gasteiger partial charge is 0.137 e. The van der Waals surface area contributed by atoms with E-state index in [0.717, 1.165) is 23.3 Å². The Kier molecular flexibility index (Phi) is 1.89. The lowest BCUT2D eigenvalue weighted by molar-refractivity contribution is 1.07. The highest BCUT2D eigenvalue weighted by atomic mass is 15.0. The van der Waals surface area contributed by atoms with E-state index in [1.807, 2.05) is 28.8 Å². The number of hydrogen-bond acceptors (Lipinski definition) is 1. The van der Waals surface area contributed by atoms with Crippen molar-refractivity contribution in [1.29, 1.82) is 0 Å². The number of pyridine rings is 1. The summed E-state index contributed by atoms with van der Waals surface area (Å²) in [6, 6.07) is 4.03. The number of nitrogens with zero attached hydrogens (tertiary/aromatic N) is 2. The molecule has 0 aliphatic carbocycles. The first-order valence-electron chi connectivity index (χ1n) is 4.43. The van der Waals surface area contributed by atoms with Crippen LogP contribution < -0.4 is 0 Å². The van der Waals surface area contributed by atoms with Crippen molar-refractivity contribution in [1.82, 2.24) is 9.38 Å². The van der Waals surface area contributed by atoms with Crippen molar-refractivity contribution >= 4 is 11.7 Å². The molecule has 2 aromatic rings. The van der Waals surface area contributed by atoms with Crippen LogP contribution in [0.3, 0.4) is 0 Å². The van der Waals surface area contributed by atoms with Crippen LogP contribution in [-0.4, -0.2) is 9.38 Å². The summed E-state index contributed by atoms with van der Waals surface area (Å²) in [5.74, 6) is 0. The van der Waals surface area contributed by atoms with E-state index in [2.05, 4.69) is 24.7 Å². The molecule has 0 N–H and O–H groups in total. The summed E-state index contributed by atoms with van der Waals surface area (Å²) in [5, 5.41) is 0. The Balaban J connectivity index is 2.63. The van der Waals surface area contributed by atoms with Gasteiger partial charge in [0.2, 0.25) is 0 Å². The SMILES string of the molecule is C=Cc1ccc2nc(CC)cn2c1. The van der Waals surface area contributed by atoms with Crippen LogP contribution in [0.25, 0.3) is 11.7 Å². The van der Waals surface area contributed by atoms with E-state index in [9.17, 15) is 0 Å². The summed E-state index contributed by atoms with van der Waals surface area (Å²) in [6.45, 7) is 5.84. The van der Waals surface area contributed by atoms with Crippen molar-refractivity contribution in [3.05, 3.63) is 42.4 Å². The van der Waals surface area contributed by atoms with Gasteiger partial charge in [-0.1, -0.05) is 19.6 Å². The van der Waals surface area contributed by atoms with Crippen molar-refractivity contribution in [3.63, 3.8) is 0 Å². The fourth-order valence-electron chi connectivity index (χ4n) is 1.35. The second kappa shape index (κ2) is 3.05. The zero-order chi connectivity index (χ0) is 9.26. The first kappa shape index (κ1) is 8.05. The van der Waals surface area contributed by atoms with Gasteiger partial charge in [0.1, 0.15) is 5.65 Å². The van der Waals surface area contributed by atoms with Gasteiger partial charge < -0.3 is 4.40 Å². The Morgan fingerprint density at radius 2 is 2.31 bits per heavy atom. The van der Waals surface area contributed by atoms with Gasteiger partial charge in [-0.15, -0.1) is 0 Å². The van der Waals surface area contributed by atoms with Crippen LogP contribution in [0.4, 0.5) is 0 Å². The lowest BCUT2D eigenvalue weighted by atomic mass is 10.3. The van der Waals surface area contributed by atoms with E-state index in [1.165, 1.54) is 0 Å². The molecule has 2 aromatic heterocycles. The summed E-state index contributed by atoms with van der Waals surface area (Å²) in [7, 11) is 0. The molecule has 13 heavy (non-hydrogen) atoms. The minimum atomic E-state index is 0.977. The Bertz CT molecular complexity index is 440. The van der Waals surface area contributed by atoms with Crippen LogP contribution in [0.2, 0.25) is 0 Å². The van der Waals surface area contributed by atoms with E-state index in [0.29, 0.717) is 0 Å². The minimum Gasteiger partial charge on any atom is -0.306 e. The predicted molar refractivity (Wildman–Crippen MR) is 54.7 cm³/mol. The van der Waals surface area contributed by atoms with Crippen LogP contribution in [0, 0.1) is 0 Å². The number of aromatic nitrogens is 2. The molecule has 0 radical (unpaired) electrons. The summed E-state index contributed by atoms with van der Waals surface area (Å²) in [6.07, 6.45) is 6.91. The van der Waals surface area contributed by atoms with Gasteiger partial charge >= 0.3 is 0 Å². The van der Waals surface area contributed by atoms with Gasteiger partial charge in [0.05, 0.1) is 5.69 Å². The fourth-order valence-corrected chi connectivity index (χ4v) is 1.35. The summed E-state index contributed by atoms with van der Waals surface area (Å²) >= 11 is 0. The lowest BCUT2D eigenvalue weighted by Gasteiger charge is -1.94. The van der Waals surface area contributed by atoms with Gasteiger partial charge in [0, 0.05) is 12.4 Å². The van der Waals surface area contributed by atoms with Crippen LogP contribution >= 0.6 is 0 Å². The second-order valence-electron chi connectivity index (χ2n) is 3.02. The summed E-state index contributed by atoms with van der Waals surface area (Å²) in [4.78, 5) is 4.44. The van der Waals surface area contributed by atoms with Gasteiger partial charge in [0.15, 0.2) is 0 Å². The number of hydrogen-bond donors (Lipinski definition) is 0. The zero-order valence-electron chi connectivity index (χ0n) is 7.70. The Hall–Kier alpha value is -1.57. The molecule has 2 heterocycles. The van der Waals surface area contributed by atoms with Crippen molar-refractivity contribution in [2.24, 2.45) is 0 Å². The molecule has 0 amide bonds. The van der Waals surface area contributed by atoms with Crippen molar-refractivity contribution in [3.8, 4) is 0 Å². The second-order valence-corrected chi connectivity index (χ2v) is 3.02. The quantitative estimate of drug-likeness (QED) is 0.680. The molecule has 2 heteroatoms. The predicted octanol–water partition coefficient (Wildman–Crippen LogP) is 2.54. The molecule has 0 aliphatic heterocycles. The van der Waals surface area contributed by atoms with Gasteiger partial charge in [-0.3, -0.25) is 0 Å². The zero-order valence-corrected chi connectivity index (χ0v) is 7.70. The third kappa shape index (κ3) is 1.35. The summed E-state index contributed by atoms with van der Waals surface area (Å²) in [5.41, 5.74) is 3.25. The van der Waals surface area contributed by atoms with Crippen molar-refractivity contribution in [2.45, 2.75) is 13.3 Å². The normalized spacial score (nSPS) is 10.5. The Labute approximate surface area is 77.5 Å². The monoisotopic (exact) mass is 172 g/mol. The average Bonchev–Trinajstić information content (AvgIpc) is 2.58. The molecule has 0 fully saturated rings. The van der Waals surface area contributed by atoms with E-state index >= 15 is 0 Å². The molecule has 0 spiro atoms. The molecule has 2 rings (SSSR count). The molecule has 2 nitrogen and oxygen atoms in total. The lowest BCUT2D eigenvalue weighted by Crippen LogP contribution is -1.82. The number of rotatable bonds is 2. The van der Waals surface area contributed by atoms with Gasteiger partial charge in [-0.2, -0.15) is 0 Å². The largest absolute Gasteiger partial charge is 0.306 e. The number of imidazole rings is 1. The average molecular weight is 172 g/mol. The van der Waals surface area contributed by atoms with Crippen molar-refractivity contribution in [2.75, 3.05) is 0 Å². The van der Waals surface area contributed by atoms with E-state index in [4.69, 9.17) is 0 Å². The minimum absolute atomic E-state index is 0.977. The number of aryl methyl sites for hydroxylation is 1. The summed E-state index contributed by atoms with van der Waals surface area (Å²) < 4.78 is 2.04. The molecule has 0 saturated heterocycles. The first-order chi connectivity index (χ1) is 6.33.